The van der Waals surface area contributed by atoms with E-state index in [-0.39, 0.29) is 5.92 Å². The van der Waals surface area contributed by atoms with Gasteiger partial charge in [0.05, 0.1) is 0 Å². The van der Waals surface area contributed by atoms with E-state index >= 15 is 0 Å². The molecule has 2 aromatic carbocycles. The van der Waals surface area contributed by atoms with E-state index in [0.29, 0.717) is 23.5 Å². The van der Waals surface area contributed by atoms with E-state index in [1.165, 1.54) is 23.1 Å². The molecule has 1 fully saturated rings. The Bertz CT molecular complexity index is 715. The Labute approximate surface area is 112 Å². The maximum atomic E-state index is 12.7. The molecule has 4 unspecified atom stereocenters. The highest BCUT2D eigenvalue weighted by Gasteiger charge is 2.57. The van der Waals surface area contributed by atoms with Crippen molar-refractivity contribution in [2.24, 2.45) is 5.92 Å². The number of benzene rings is 2. The molecule has 0 aromatic heterocycles. The van der Waals surface area contributed by atoms with Crippen LogP contribution in [0.4, 0.5) is 0 Å². The van der Waals surface area contributed by atoms with Crippen molar-refractivity contribution < 1.29 is 4.79 Å². The van der Waals surface area contributed by atoms with Gasteiger partial charge in [-0.15, -0.1) is 0 Å². The minimum Gasteiger partial charge on any atom is -0.294 e. The van der Waals surface area contributed by atoms with Gasteiger partial charge in [0.1, 0.15) is 0 Å². The summed E-state index contributed by atoms with van der Waals surface area (Å²) >= 11 is 0. The standard InChI is InChI=1S/C18H14O/c19-18-13-8-4-3-7-12(13)16-14-9-15(17(16)18)11-6-2-1-5-10(11)14/h1-8,14-17H,9H2. The van der Waals surface area contributed by atoms with Gasteiger partial charge in [-0.2, -0.15) is 0 Å². The number of carbonyl (C=O) groups excluding carboxylic acids is 1. The smallest absolute Gasteiger partial charge is 0.167 e. The fraction of sp³-hybridized carbons (Fsp3) is 0.278. The molecule has 2 aromatic rings. The monoisotopic (exact) mass is 246 g/mol. The second-order valence-electron chi connectivity index (χ2n) is 6.08. The number of ketones is 1. The van der Waals surface area contributed by atoms with Crippen LogP contribution in [0.3, 0.4) is 0 Å². The largest absolute Gasteiger partial charge is 0.294 e. The van der Waals surface area contributed by atoms with Gasteiger partial charge in [-0.25, -0.2) is 0 Å². The number of hydrogen-bond donors (Lipinski definition) is 0. The third-order valence-corrected chi connectivity index (χ3v) is 5.44. The summed E-state index contributed by atoms with van der Waals surface area (Å²) in [5.74, 6) is 2.09. The van der Waals surface area contributed by atoms with Crippen LogP contribution in [0.5, 0.6) is 0 Å². The molecule has 1 nitrogen and oxygen atoms in total. The molecule has 92 valence electrons. The Morgan fingerprint density at radius 1 is 0.737 bits per heavy atom. The summed E-state index contributed by atoms with van der Waals surface area (Å²) in [6.45, 7) is 0. The van der Waals surface area contributed by atoms with Gasteiger partial charge in [0, 0.05) is 17.4 Å². The molecule has 0 saturated heterocycles. The molecule has 4 atom stereocenters. The van der Waals surface area contributed by atoms with Crippen LogP contribution in [0.25, 0.3) is 0 Å². The summed E-state index contributed by atoms with van der Waals surface area (Å²) < 4.78 is 0. The number of Topliss-reactive ketones (excluding diaryl/α,β-unsaturated/α-hetero) is 1. The molecule has 5 rings (SSSR count). The predicted octanol–water partition coefficient (Wildman–Crippen LogP) is 3.87. The van der Waals surface area contributed by atoms with E-state index in [1.54, 1.807) is 0 Å². The van der Waals surface area contributed by atoms with Gasteiger partial charge in [0.25, 0.3) is 0 Å². The summed E-state index contributed by atoms with van der Waals surface area (Å²) in [4.78, 5) is 12.7. The van der Waals surface area contributed by atoms with Gasteiger partial charge in [0.2, 0.25) is 0 Å². The third-order valence-electron chi connectivity index (χ3n) is 5.44. The van der Waals surface area contributed by atoms with Gasteiger partial charge in [-0.05, 0) is 34.9 Å². The molecule has 0 heterocycles. The van der Waals surface area contributed by atoms with Gasteiger partial charge in [-0.3, -0.25) is 4.79 Å². The fourth-order valence-corrected chi connectivity index (χ4v) is 4.84. The van der Waals surface area contributed by atoms with E-state index in [9.17, 15) is 4.79 Å². The number of rotatable bonds is 0. The lowest BCUT2D eigenvalue weighted by molar-refractivity contribution is 0.0918. The Morgan fingerprint density at radius 3 is 2.05 bits per heavy atom. The lowest BCUT2D eigenvalue weighted by Crippen LogP contribution is -2.20. The Balaban J connectivity index is 1.76. The topological polar surface area (TPSA) is 17.1 Å². The highest BCUT2D eigenvalue weighted by atomic mass is 16.1. The molecule has 3 aliphatic rings. The predicted molar refractivity (Wildman–Crippen MR) is 73.5 cm³/mol. The van der Waals surface area contributed by atoms with Crippen LogP contribution in [-0.2, 0) is 0 Å². The van der Waals surface area contributed by atoms with Crippen LogP contribution in [0.1, 0.15) is 51.2 Å². The second kappa shape index (κ2) is 3.16. The van der Waals surface area contributed by atoms with Crippen molar-refractivity contribution >= 4 is 5.78 Å². The Hall–Kier alpha value is -1.89. The van der Waals surface area contributed by atoms with Crippen molar-refractivity contribution in [1.29, 1.82) is 0 Å². The first kappa shape index (κ1) is 9.96. The zero-order valence-electron chi connectivity index (χ0n) is 10.5. The fourth-order valence-electron chi connectivity index (χ4n) is 4.84. The van der Waals surface area contributed by atoms with E-state index in [4.69, 9.17) is 0 Å². The molecule has 0 spiro atoms. The molecule has 3 aliphatic carbocycles. The summed E-state index contributed by atoms with van der Waals surface area (Å²) in [5, 5.41) is 0. The first-order valence-corrected chi connectivity index (χ1v) is 7.08. The average Bonchev–Trinajstić information content (AvgIpc) is 3.10. The van der Waals surface area contributed by atoms with Gasteiger partial charge >= 0.3 is 0 Å². The molecule has 0 radical (unpaired) electrons. The Morgan fingerprint density at radius 2 is 1.32 bits per heavy atom. The molecule has 0 amide bonds. The summed E-state index contributed by atoms with van der Waals surface area (Å²) in [6, 6.07) is 17.0. The van der Waals surface area contributed by atoms with Crippen molar-refractivity contribution in [2.75, 3.05) is 0 Å². The number of carbonyl (C=O) groups is 1. The summed E-state index contributed by atoms with van der Waals surface area (Å²) in [7, 11) is 0. The second-order valence-corrected chi connectivity index (χ2v) is 6.08. The number of hydrogen-bond acceptors (Lipinski definition) is 1. The minimum atomic E-state index is 0.220. The summed E-state index contributed by atoms with van der Waals surface area (Å²) in [5.41, 5.74) is 5.23. The van der Waals surface area contributed by atoms with Crippen molar-refractivity contribution in [2.45, 2.75) is 24.2 Å². The maximum Gasteiger partial charge on any atom is 0.167 e. The average molecular weight is 246 g/mol. The Kier molecular flexibility index (Phi) is 1.66. The first-order chi connectivity index (χ1) is 9.36. The molecule has 1 heteroatoms. The van der Waals surface area contributed by atoms with Crippen molar-refractivity contribution in [3.63, 3.8) is 0 Å². The number of fused-ring (bicyclic) bond motifs is 10. The highest BCUT2D eigenvalue weighted by Crippen LogP contribution is 2.66. The van der Waals surface area contributed by atoms with Crippen LogP contribution in [-0.4, -0.2) is 5.78 Å². The van der Waals surface area contributed by atoms with Crippen LogP contribution >= 0.6 is 0 Å². The lowest BCUT2D eigenvalue weighted by atomic mass is 9.76. The maximum absolute atomic E-state index is 12.7. The first-order valence-electron chi connectivity index (χ1n) is 7.08. The van der Waals surface area contributed by atoms with Crippen molar-refractivity contribution in [3.05, 3.63) is 70.8 Å². The zero-order chi connectivity index (χ0) is 12.6. The molecule has 2 bridgehead atoms. The zero-order valence-corrected chi connectivity index (χ0v) is 10.5. The van der Waals surface area contributed by atoms with Crippen molar-refractivity contribution in [3.8, 4) is 0 Å². The van der Waals surface area contributed by atoms with E-state index < -0.39 is 0 Å². The van der Waals surface area contributed by atoms with Gasteiger partial charge < -0.3 is 0 Å². The molecule has 0 N–H and O–H groups in total. The van der Waals surface area contributed by atoms with E-state index in [1.807, 2.05) is 12.1 Å². The molecule has 0 aliphatic heterocycles. The normalized spacial score (nSPS) is 33.2. The van der Waals surface area contributed by atoms with Gasteiger partial charge in [0.15, 0.2) is 5.78 Å². The van der Waals surface area contributed by atoms with Gasteiger partial charge in [-0.1, -0.05) is 48.5 Å². The van der Waals surface area contributed by atoms with Crippen LogP contribution in [0, 0.1) is 5.92 Å². The SMILES string of the molecule is O=C1c2ccccc2C2C3CC(c4ccccc43)C12. The van der Waals surface area contributed by atoms with Crippen LogP contribution < -0.4 is 0 Å². The van der Waals surface area contributed by atoms with Crippen molar-refractivity contribution in [1.82, 2.24) is 0 Å². The quantitative estimate of drug-likeness (QED) is 0.689. The third kappa shape index (κ3) is 1.02. The lowest BCUT2D eigenvalue weighted by Gasteiger charge is -2.26. The molecular formula is C18H14O. The van der Waals surface area contributed by atoms with Crippen LogP contribution in [0.2, 0.25) is 0 Å². The minimum absolute atomic E-state index is 0.220. The van der Waals surface area contributed by atoms with E-state index in [0.717, 1.165) is 5.56 Å². The van der Waals surface area contributed by atoms with E-state index in [2.05, 4.69) is 36.4 Å². The van der Waals surface area contributed by atoms with Crippen LogP contribution in [0.15, 0.2) is 48.5 Å². The molecular weight excluding hydrogens is 232 g/mol. The summed E-state index contributed by atoms with van der Waals surface area (Å²) in [6.07, 6.45) is 1.18. The molecule has 19 heavy (non-hydrogen) atoms. The highest BCUT2D eigenvalue weighted by molar-refractivity contribution is 6.04. The molecule has 1 saturated carbocycles.